The summed E-state index contributed by atoms with van der Waals surface area (Å²) in [7, 11) is 2.97. The Morgan fingerprint density at radius 1 is 1.03 bits per heavy atom. The predicted octanol–water partition coefficient (Wildman–Crippen LogP) is 5.39. The number of aliphatic hydroxyl groups is 1. The molecule has 9 heteroatoms. The average molecular weight is 505 g/mol. The molecule has 1 saturated heterocycles. The first-order valence-corrected chi connectivity index (χ1v) is 11.8. The van der Waals surface area contributed by atoms with Crippen LogP contribution in [0.1, 0.15) is 22.7 Å². The molecule has 3 aromatic carbocycles. The van der Waals surface area contributed by atoms with Crippen LogP contribution in [0.5, 0.6) is 11.5 Å². The van der Waals surface area contributed by atoms with Crippen LogP contribution in [0.3, 0.4) is 0 Å². The first kappa shape index (κ1) is 23.5. The number of hydrogen-bond donors (Lipinski definition) is 1. The lowest BCUT2D eigenvalue weighted by Gasteiger charge is -2.25. The van der Waals surface area contributed by atoms with Gasteiger partial charge in [-0.2, -0.15) is 0 Å². The van der Waals surface area contributed by atoms with E-state index in [-0.39, 0.29) is 16.5 Å². The SMILES string of the molecule is COc1ccc(OC)c([C@H]2C(=C(O)c3ccc(C)cc3)C(=O)C(=O)N2c2nc3ccc(F)cc3s2)c1. The minimum atomic E-state index is -1.07. The Morgan fingerprint density at radius 2 is 1.78 bits per heavy atom. The maximum absolute atomic E-state index is 13.8. The number of Topliss-reactive ketones (excluding diaryl/α,β-unsaturated/α-hetero) is 1. The smallest absolute Gasteiger partial charge is 0.301 e. The van der Waals surface area contributed by atoms with E-state index >= 15 is 0 Å². The summed E-state index contributed by atoms with van der Waals surface area (Å²) < 4.78 is 25.3. The summed E-state index contributed by atoms with van der Waals surface area (Å²) in [5, 5.41) is 11.5. The minimum absolute atomic E-state index is 0.110. The van der Waals surface area contributed by atoms with Gasteiger partial charge in [-0.15, -0.1) is 0 Å². The Hall–Kier alpha value is -4.24. The zero-order valence-corrected chi connectivity index (χ0v) is 20.4. The summed E-state index contributed by atoms with van der Waals surface area (Å²) in [5.41, 5.74) is 2.15. The topological polar surface area (TPSA) is 89.0 Å². The molecule has 1 N–H and O–H groups in total. The van der Waals surface area contributed by atoms with E-state index in [2.05, 4.69) is 4.98 Å². The molecule has 1 aliphatic rings. The van der Waals surface area contributed by atoms with Crippen molar-refractivity contribution in [2.45, 2.75) is 13.0 Å². The maximum Gasteiger partial charge on any atom is 0.301 e. The highest BCUT2D eigenvalue weighted by Gasteiger charge is 2.49. The zero-order chi connectivity index (χ0) is 25.6. The third-order valence-corrected chi connectivity index (χ3v) is 7.06. The van der Waals surface area contributed by atoms with Crippen LogP contribution in [0.2, 0.25) is 0 Å². The van der Waals surface area contributed by atoms with Gasteiger partial charge in [-0.25, -0.2) is 9.37 Å². The van der Waals surface area contributed by atoms with Crippen molar-refractivity contribution in [2.75, 3.05) is 19.1 Å². The second kappa shape index (κ2) is 9.09. The van der Waals surface area contributed by atoms with E-state index in [1.165, 1.54) is 37.3 Å². The van der Waals surface area contributed by atoms with Crippen molar-refractivity contribution in [1.29, 1.82) is 0 Å². The number of aromatic nitrogens is 1. The Bertz CT molecular complexity index is 1540. The van der Waals surface area contributed by atoms with Crippen LogP contribution in [0, 0.1) is 12.7 Å². The molecular formula is C27H21FN2O5S. The molecule has 1 aliphatic heterocycles. The van der Waals surface area contributed by atoms with Gasteiger partial charge in [-0.05, 0) is 43.3 Å². The molecule has 1 aromatic heterocycles. The number of methoxy groups -OCH3 is 2. The summed E-state index contributed by atoms with van der Waals surface area (Å²) >= 11 is 1.07. The highest BCUT2D eigenvalue weighted by molar-refractivity contribution is 7.22. The van der Waals surface area contributed by atoms with Crippen LogP contribution >= 0.6 is 11.3 Å². The van der Waals surface area contributed by atoms with Gasteiger partial charge in [0.2, 0.25) is 0 Å². The van der Waals surface area contributed by atoms with Gasteiger partial charge in [0, 0.05) is 11.1 Å². The summed E-state index contributed by atoms with van der Waals surface area (Å²) in [6.45, 7) is 1.90. The normalized spacial score (nSPS) is 17.1. The van der Waals surface area contributed by atoms with E-state index < -0.39 is 23.5 Å². The number of aliphatic hydroxyl groups excluding tert-OH is 1. The summed E-state index contributed by atoms with van der Waals surface area (Å²) in [6, 6.07) is 15.0. The van der Waals surface area contributed by atoms with Crippen LogP contribution in [0.25, 0.3) is 16.0 Å². The lowest BCUT2D eigenvalue weighted by molar-refractivity contribution is -0.132. The molecule has 1 amide bonds. The van der Waals surface area contributed by atoms with Crippen LogP contribution in [0.15, 0.2) is 66.2 Å². The molecule has 0 aliphatic carbocycles. The second-order valence-corrected chi connectivity index (χ2v) is 9.26. The predicted molar refractivity (Wildman–Crippen MR) is 135 cm³/mol. The van der Waals surface area contributed by atoms with Gasteiger partial charge in [0.15, 0.2) is 5.13 Å². The van der Waals surface area contributed by atoms with Gasteiger partial charge >= 0.3 is 5.91 Å². The number of fused-ring (bicyclic) bond motifs is 1. The molecule has 182 valence electrons. The molecule has 7 nitrogen and oxygen atoms in total. The summed E-state index contributed by atoms with van der Waals surface area (Å²) in [5.74, 6) is -1.64. The number of amides is 1. The van der Waals surface area contributed by atoms with E-state index in [9.17, 15) is 19.1 Å². The number of anilines is 1. The second-order valence-electron chi connectivity index (χ2n) is 8.25. The minimum Gasteiger partial charge on any atom is -0.507 e. The molecule has 0 bridgehead atoms. The highest BCUT2D eigenvalue weighted by atomic mass is 32.1. The third-order valence-electron chi connectivity index (χ3n) is 6.05. The monoisotopic (exact) mass is 504 g/mol. The van der Waals surface area contributed by atoms with Crippen molar-refractivity contribution in [3.8, 4) is 11.5 Å². The highest BCUT2D eigenvalue weighted by Crippen LogP contribution is 2.47. The van der Waals surface area contributed by atoms with E-state index in [1.54, 1.807) is 42.5 Å². The number of aryl methyl sites for hydroxylation is 1. The standard InChI is InChI=1S/C27H21FN2O5S/c1-14-4-6-15(7-5-14)24(31)22-23(18-13-17(34-2)9-11-20(18)35-3)30(26(33)25(22)32)27-29-19-10-8-16(28)12-21(19)36-27/h4-13,23,31H,1-3H3/t23-/m0/s1. The van der Waals surface area contributed by atoms with Crippen LogP contribution < -0.4 is 14.4 Å². The molecule has 0 saturated carbocycles. The first-order chi connectivity index (χ1) is 17.3. The Morgan fingerprint density at radius 3 is 2.47 bits per heavy atom. The number of carbonyl (C=O) groups excluding carboxylic acids is 2. The van der Waals surface area contributed by atoms with Crippen LogP contribution in [0.4, 0.5) is 9.52 Å². The van der Waals surface area contributed by atoms with Crippen molar-refractivity contribution in [1.82, 2.24) is 4.98 Å². The average Bonchev–Trinajstić information content (AvgIpc) is 3.41. The number of thiazole rings is 1. The number of benzene rings is 3. The van der Waals surface area contributed by atoms with E-state index in [0.717, 1.165) is 16.9 Å². The fraction of sp³-hybridized carbons (Fsp3) is 0.148. The largest absolute Gasteiger partial charge is 0.507 e. The molecule has 0 radical (unpaired) electrons. The molecule has 0 unspecified atom stereocenters. The Labute approximate surface area is 210 Å². The maximum atomic E-state index is 13.8. The number of ether oxygens (including phenoxy) is 2. The number of rotatable bonds is 5. The molecule has 36 heavy (non-hydrogen) atoms. The van der Waals surface area contributed by atoms with Crippen LogP contribution in [-0.2, 0) is 9.59 Å². The summed E-state index contributed by atoms with van der Waals surface area (Å²) in [4.78, 5) is 32.6. The van der Waals surface area contributed by atoms with E-state index in [4.69, 9.17) is 9.47 Å². The zero-order valence-electron chi connectivity index (χ0n) is 19.6. The molecule has 0 spiro atoms. The van der Waals surface area contributed by atoms with Crippen molar-refractivity contribution in [3.05, 3.63) is 88.7 Å². The van der Waals surface area contributed by atoms with Gasteiger partial charge < -0.3 is 14.6 Å². The van der Waals surface area contributed by atoms with E-state index in [0.29, 0.717) is 32.8 Å². The fourth-order valence-corrected chi connectivity index (χ4v) is 5.25. The third kappa shape index (κ3) is 3.87. The van der Waals surface area contributed by atoms with Gasteiger partial charge in [0.25, 0.3) is 5.78 Å². The molecular weight excluding hydrogens is 483 g/mol. The number of ketones is 1. The van der Waals surface area contributed by atoms with Gasteiger partial charge in [-0.3, -0.25) is 14.5 Å². The van der Waals surface area contributed by atoms with Crippen molar-refractivity contribution >= 4 is 44.1 Å². The fourth-order valence-electron chi connectivity index (χ4n) is 4.23. The molecule has 5 rings (SSSR count). The molecule has 1 fully saturated rings. The Balaban J connectivity index is 1.78. The molecule has 1 atom stereocenters. The van der Waals surface area contributed by atoms with Crippen LogP contribution in [-0.4, -0.2) is 36.0 Å². The van der Waals surface area contributed by atoms with Crippen molar-refractivity contribution in [3.63, 3.8) is 0 Å². The number of carbonyl (C=O) groups is 2. The van der Waals surface area contributed by atoms with Gasteiger partial charge in [0.05, 0.1) is 30.0 Å². The number of nitrogens with zero attached hydrogens (tertiary/aromatic N) is 2. The van der Waals surface area contributed by atoms with Crippen molar-refractivity contribution < 1.29 is 28.6 Å². The van der Waals surface area contributed by atoms with Gasteiger partial charge in [0.1, 0.15) is 29.1 Å². The lowest BCUT2D eigenvalue weighted by atomic mass is 9.94. The molecule has 4 aromatic rings. The molecule has 2 heterocycles. The van der Waals surface area contributed by atoms with Crippen molar-refractivity contribution in [2.24, 2.45) is 0 Å². The number of halogens is 1. The first-order valence-electron chi connectivity index (χ1n) is 11.0. The Kier molecular flexibility index (Phi) is 5.93. The van der Waals surface area contributed by atoms with E-state index in [1.807, 2.05) is 6.92 Å². The number of hydrogen-bond acceptors (Lipinski definition) is 7. The summed E-state index contributed by atoms with van der Waals surface area (Å²) in [6.07, 6.45) is 0. The quantitative estimate of drug-likeness (QED) is 0.223. The van der Waals surface area contributed by atoms with Gasteiger partial charge in [-0.1, -0.05) is 41.2 Å². The lowest BCUT2D eigenvalue weighted by Crippen LogP contribution is -2.29.